The average molecular weight is 532 g/mol. The lowest BCUT2D eigenvalue weighted by atomic mass is 10.1. The van der Waals surface area contributed by atoms with Gasteiger partial charge in [-0.15, -0.1) is 0 Å². The lowest BCUT2D eigenvalue weighted by Crippen LogP contribution is -2.30. The number of aryl methyl sites for hydroxylation is 1. The van der Waals surface area contributed by atoms with Gasteiger partial charge in [-0.1, -0.05) is 77.5 Å². The Morgan fingerprint density at radius 3 is 2.38 bits per heavy atom. The molecule has 1 N–H and O–H groups in total. The maximum absolute atomic E-state index is 11.7. The van der Waals surface area contributed by atoms with E-state index in [0.717, 1.165) is 28.0 Å². The van der Waals surface area contributed by atoms with Crippen LogP contribution in [0.15, 0.2) is 107 Å². The van der Waals surface area contributed by atoms with Crippen LogP contribution in [-0.2, 0) is 13.0 Å². The fraction of sp³-hybridized carbons (Fsp3) is 0.138. The minimum atomic E-state index is -0.411. The molecule has 4 rings (SSSR count). The molecular weight excluding hydrogens is 506 g/mol. The van der Waals surface area contributed by atoms with Gasteiger partial charge < -0.3 is 10.0 Å². The number of thioether (sulfide) groups is 1. The molecule has 0 aromatic heterocycles. The minimum absolute atomic E-state index is 0.0490. The Labute approximate surface area is 225 Å². The summed E-state index contributed by atoms with van der Waals surface area (Å²) in [4.78, 5) is 19.2. The Balaban J connectivity index is 1.75. The molecule has 0 unspecified atom stereocenters. The summed E-state index contributed by atoms with van der Waals surface area (Å²) in [5.41, 5.74) is 3.46. The molecule has 0 fully saturated rings. The van der Waals surface area contributed by atoms with E-state index in [2.05, 4.69) is 11.0 Å². The summed E-state index contributed by atoms with van der Waals surface area (Å²) in [5.74, 6) is 0.194. The Morgan fingerprint density at radius 2 is 1.68 bits per heavy atom. The molecule has 37 heavy (non-hydrogen) atoms. The molecule has 0 radical (unpaired) electrons. The number of amidine groups is 1. The lowest BCUT2D eigenvalue weighted by Gasteiger charge is -2.26. The monoisotopic (exact) mass is 531 g/mol. The van der Waals surface area contributed by atoms with E-state index in [1.807, 2.05) is 61.5 Å². The van der Waals surface area contributed by atoms with Crippen LogP contribution in [0.2, 0.25) is 5.02 Å². The van der Waals surface area contributed by atoms with Gasteiger partial charge in [0.15, 0.2) is 5.17 Å². The highest BCUT2D eigenvalue weighted by Gasteiger charge is 2.19. The quantitative estimate of drug-likeness (QED) is 0.0825. The SMILES string of the molecule is Cc1cccc(SC(=Nc2ccccc2[N+](=O)[O-])N(CCc2ccc(Cl)cc2)Cc2ccc(O)cc2)c1. The zero-order valence-corrected chi connectivity index (χ0v) is 21.8. The molecule has 0 saturated heterocycles. The number of nitrogens with zero attached hydrogens (tertiary/aromatic N) is 3. The normalized spacial score (nSPS) is 11.4. The maximum Gasteiger partial charge on any atom is 0.294 e. The van der Waals surface area contributed by atoms with Gasteiger partial charge in [0, 0.05) is 29.1 Å². The van der Waals surface area contributed by atoms with Gasteiger partial charge in [0.1, 0.15) is 11.4 Å². The summed E-state index contributed by atoms with van der Waals surface area (Å²) in [6, 6.07) is 29.3. The Hall–Kier alpha value is -3.81. The van der Waals surface area contributed by atoms with Crippen LogP contribution >= 0.6 is 23.4 Å². The van der Waals surface area contributed by atoms with Crippen molar-refractivity contribution in [2.45, 2.75) is 24.8 Å². The topological polar surface area (TPSA) is 79.0 Å². The van der Waals surface area contributed by atoms with Gasteiger partial charge in [-0.25, -0.2) is 4.99 Å². The number of phenolic OH excluding ortho intramolecular Hbond substituents is 1. The van der Waals surface area contributed by atoms with Crippen LogP contribution in [0.1, 0.15) is 16.7 Å². The van der Waals surface area contributed by atoms with Gasteiger partial charge in [-0.2, -0.15) is 0 Å². The van der Waals surface area contributed by atoms with Crippen molar-refractivity contribution in [3.05, 3.63) is 129 Å². The Kier molecular flexibility index (Phi) is 8.82. The molecule has 6 nitrogen and oxygen atoms in total. The maximum atomic E-state index is 11.7. The number of benzene rings is 4. The van der Waals surface area contributed by atoms with E-state index in [0.29, 0.717) is 29.0 Å². The minimum Gasteiger partial charge on any atom is -0.508 e. The highest BCUT2D eigenvalue weighted by molar-refractivity contribution is 8.13. The standard InChI is InChI=1S/C29H26ClN3O3S/c1-21-5-4-6-26(19-21)37-29(31-27-7-2-3-8-28(27)33(35)36)32(20-23-11-15-25(34)16-12-23)18-17-22-9-13-24(30)14-10-22/h2-16,19,34H,17-18,20H2,1H3. The number of nitro groups is 1. The third-order valence-corrected chi connectivity index (χ3v) is 6.93. The Bertz CT molecular complexity index is 1390. The van der Waals surface area contributed by atoms with Crippen molar-refractivity contribution in [1.29, 1.82) is 0 Å². The van der Waals surface area contributed by atoms with E-state index in [9.17, 15) is 15.2 Å². The van der Waals surface area contributed by atoms with E-state index in [1.165, 1.54) is 17.8 Å². The van der Waals surface area contributed by atoms with Crippen LogP contribution < -0.4 is 0 Å². The number of para-hydroxylation sites is 2. The van der Waals surface area contributed by atoms with Crippen LogP contribution in [0.5, 0.6) is 5.75 Å². The highest BCUT2D eigenvalue weighted by atomic mass is 35.5. The fourth-order valence-corrected chi connectivity index (χ4v) is 4.89. The number of aromatic hydroxyl groups is 1. The first-order valence-electron chi connectivity index (χ1n) is 11.7. The third-order valence-electron chi connectivity index (χ3n) is 5.66. The molecule has 0 aliphatic carbocycles. The molecule has 0 aliphatic rings. The fourth-order valence-electron chi connectivity index (χ4n) is 3.74. The molecule has 4 aromatic carbocycles. The van der Waals surface area contributed by atoms with Crippen molar-refractivity contribution in [3.8, 4) is 5.75 Å². The molecule has 0 aliphatic heterocycles. The number of hydrogen-bond acceptors (Lipinski definition) is 5. The molecule has 0 spiro atoms. The van der Waals surface area contributed by atoms with E-state index in [-0.39, 0.29) is 11.4 Å². The van der Waals surface area contributed by atoms with Gasteiger partial charge in [-0.05, 0) is 66.9 Å². The Morgan fingerprint density at radius 1 is 0.973 bits per heavy atom. The van der Waals surface area contributed by atoms with E-state index >= 15 is 0 Å². The molecule has 0 bridgehead atoms. The van der Waals surface area contributed by atoms with Crippen molar-refractivity contribution in [2.24, 2.45) is 4.99 Å². The largest absolute Gasteiger partial charge is 0.508 e. The van der Waals surface area contributed by atoms with Gasteiger partial charge in [0.25, 0.3) is 5.69 Å². The summed E-state index contributed by atoms with van der Waals surface area (Å²) in [6.07, 6.45) is 0.722. The average Bonchev–Trinajstić information content (AvgIpc) is 2.88. The molecule has 188 valence electrons. The first-order chi connectivity index (χ1) is 17.9. The van der Waals surface area contributed by atoms with Crippen molar-refractivity contribution < 1.29 is 10.0 Å². The number of aliphatic imine (C=N–C) groups is 1. The number of halogens is 1. The molecule has 4 aromatic rings. The molecule has 0 atom stereocenters. The van der Waals surface area contributed by atoms with Crippen molar-refractivity contribution in [3.63, 3.8) is 0 Å². The first-order valence-corrected chi connectivity index (χ1v) is 12.9. The van der Waals surface area contributed by atoms with E-state index < -0.39 is 4.92 Å². The molecule has 0 amide bonds. The molecule has 8 heteroatoms. The summed E-state index contributed by atoms with van der Waals surface area (Å²) < 4.78 is 0. The van der Waals surface area contributed by atoms with E-state index in [4.69, 9.17) is 16.6 Å². The van der Waals surface area contributed by atoms with Crippen molar-refractivity contribution >= 4 is 39.9 Å². The number of phenols is 1. The zero-order valence-electron chi connectivity index (χ0n) is 20.3. The zero-order chi connectivity index (χ0) is 26.2. The predicted molar refractivity (Wildman–Crippen MR) is 151 cm³/mol. The van der Waals surface area contributed by atoms with Crippen molar-refractivity contribution in [1.82, 2.24) is 4.90 Å². The van der Waals surface area contributed by atoms with Crippen molar-refractivity contribution in [2.75, 3.05) is 6.54 Å². The third kappa shape index (κ3) is 7.59. The van der Waals surface area contributed by atoms with Gasteiger partial charge >= 0.3 is 0 Å². The summed E-state index contributed by atoms with van der Waals surface area (Å²) in [6.45, 7) is 3.14. The predicted octanol–water partition coefficient (Wildman–Crippen LogP) is 7.79. The van der Waals surface area contributed by atoms with Crippen LogP contribution in [0.25, 0.3) is 0 Å². The smallest absolute Gasteiger partial charge is 0.294 e. The molecular formula is C29H26ClN3O3S. The summed E-state index contributed by atoms with van der Waals surface area (Å²) in [5, 5.41) is 22.8. The lowest BCUT2D eigenvalue weighted by molar-refractivity contribution is -0.384. The van der Waals surface area contributed by atoms with Crippen LogP contribution in [0.4, 0.5) is 11.4 Å². The van der Waals surface area contributed by atoms with Crippen LogP contribution in [0, 0.1) is 17.0 Å². The van der Waals surface area contributed by atoms with Crippen LogP contribution in [-0.4, -0.2) is 26.6 Å². The molecule has 0 heterocycles. The highest BCUT2D eigenvalue weighted by Crippen LogP contribution is 2.31. The first kappa shape index (κ1) is 26.3. The second-order valence-electron chi connectivity index (χ2n) is 8.52. The summed E-state index contributed by atoms with van der Waals surface area (Å²) in [7, 11) is 0. The molecule has 0 saturated carbocycles. The second-order valence-corrected chi connectivity index (χ2v) is 10.0. The van der Waals surface area contributed by atoms with Crippen LogP contribution in [0.3, 0.4) is 0 Å². The van der Waals surface area contributed by atoms with Gasteiger partial charge in [0.2, 0.25) is 0 Å². The van der Waals surface area contributed by atoms with Gasteiger partial charge in [-0.3, -0.25) is 10.1 Å². The summed E-state index contributed by atoms with van der Waals surface area (Å²) >= 11 is 7.54. The number of rotatable bonds is 8. The number of nitro benzene ring substituents is 1. The van der Waals surface area contributed by atoms with Gasteiger partial charge in [0.05, 0.1) is 4.92 Å². The second kappa shape index (κ2) is 12.4. The van der Waals surface area contributed by atoms with E-state index in [1.54, 1.807) is 30.3 Å². The number of hydrogen-bond donors (Lipinski definition) is 1.